The number of hydrogen-bond donors (Lipinski definition) is 3. The Labute approximate surface area is 720 Å². The Balaban J connectivity index is 0.000000159. The van der Waals surface area contributed by atoms with E-state index in [2.05, 4.69) is 86.4 Å². The zero-order valence-corrected chi connectivity index (χ0v) is 72.8. The van der Waals surface area contributed by atoms with Gasteiger partial charge in [0.25, 0.3) is 0 Å². The lowest BCUT2D eigenvalue weighted by molar-refractivity contribution is 0.264. The van der Waals surface area contributed by atoms with Crippen LogP contribution in [-0.2, 0) is 0 Å². The number of rotatable bonds is 12. The van der Waals surface area contributed by atoms with E-state index in [0.29, 0.717) is 114 Å². The SMILES string of the molecule is Cc1ccnc(C(C)C)c1-n1c(=O)nc(N2C[C@H](C)C[C@H](C)C2)c2cc(F)c(-c3c(Cl)c(N)c(F)c(F)c3Cl)nc21.Cc1ccnc(C(C)C)c1-n1c(=O)nc(N2C[C@H](C)C[C@H](C)C2)c2cc(F)c(-c3c(N)c(Cl)c(F)c(Cl)c3F)nc21.Cc1ccnc(C(C)C)c1-n1c(=O)nc(N2C[C@H](C)C[C@H](C)C2)c2cc(F)c(C3=C(F)C(N)C(F)C(F)=C3F)nc21. The maximum Gasteiger partial charge on any atom is 0.355 e. The first kappa shape index (κ1) is 90.3. The second-order valence-electron chi connectivity index (χ2n) is 33.7. The molecule has 21 nitrogen and oxygen atoms in total. The molecule has 11 aromatic rings. The molecule has 0 spiro atoms. The van der Waals surface area contributed by atoms with Crippen molar-refractivity contribution < 1.29 is 48.3 Å². The number of nitrogen functional groups attached to an aromatic ring is 2. The van der Waals surface area contributed by atoms with Crippen molar-refractivity contribution >= 4 is 114 Å². The molecule has 0 bridgehead atoms. The molecule has 650 valence electrons. The van der Waals surface area contributed by atoms with E-state index in [4.69, 9.17) is 63.6 Å². The smallest absolute Gasteiger partial charge is 0.355 e. The van der Waals surface area contributed by atoms with Gasteiger partial charge in [0.1, 0.15) is 56.2 Å². The van der Waals surface area contributed by atoms with Gasteiger partial charge in [0.15, 0.2) is 69.7 Å². The van der Waals surface area contributed by atoms with Gasteiger partial charge in [-0.25, -0.2) is 91.3 Å². The first-order valence-corrected chi connectivity index (χ1v) is 41.6. The summed E-state index contributed by atoms with van der Waals surface area (Å²) in [7, 11) is 0. The van der Waals surface area contributed by atoms with E-state index in [1.165, 1.54) is 15.2 Å². The van der Waals surface area contributed by atoms with Gasteiger partial charge in [0, 0.05) is 63.4 Å². The fourth-order valence-corrected chi connectivity index (χ4v) is 18.3. The van der Waals surface area contributed by atoms with E-state index in [1.54, 1.807) is 43.7 Å². The number of benzene rings is 2. The fourth-order valence-electron chi connectivity index (χ4n) is 17.3. The monoisotopic (exact) mass is 1780 g/mol. The molecule has 3 fully saturated rings. The number of alkyl halides is 1. The molecular weight excluding hydrogens is 1700 g/mol. The Bertz CT molecular complexity index is 6040. The van der Waals surface area contributed by atoms with E-state index >= 15 is 22.0 Å². The van der Waals surface area contributed by atoms with Crippen LogP contribution < -0.4 is 49.0 Å². The minimum Gasteiger partial charge on any atom is -0.397 e. The van der Waals surface area contributed by atoms with Gasteiger partial charge in [0.2, 0.25) is 0 Å². The van der Waals surface area contributed by atoms with Gasteiger partial charge in [0.05, 0.1) is 88.9 Å². The quantitative estimate of drug-likeness (QED) is 0.0444. The molecule has 8 atom stereocenters. The van der Waals surface area contributed by atoms with Crippen LogP contribution in [-0.4, -0.2) is 110 Å². The molecule has 9 aromatic heterocycles. The number of nitrogens with two attached hydrogens (primary N) is 3. The van der Waals surface area contributed by atoms with Crippen LogP contribution in [0.1, 0.15) is 160 Å². The number of fused-ring (bicyclic) bond motifs is 3. The van der Waals surface area contributed by atoms with Crippen LogP contribution >= 0.6 is 46.4 Å². The van der Waals surface area contributed by atoms with Crippen molar-refractivity contribution in [1.82, 2.24) is 58.6 Å². The van der Waals surface area contributed by atoms with Gasteiger partial charge in [-0.05, 0) is 146 Å². The molecule has 6 N–H and O–H groups in total. The van der Waals surface area contributed by atoms with Gasteiger partial charge in [-0.15, -0.1) is 0 Å². The van der Waals surface area contributed by atoms with Crippen LogP contribution in [0.2, 0.25) is 20.1 Å². The third kappa shape index (κ3) is 16.7. The van der Waals surface area contributed by atoms with Crippen molar-refractivity contribution in [2.45, 2.75) is 153 Å². The van der Waals surface area contributed by atoms with Gasteiger partial charge < -0.3 is 31.9 Å². The average molecular weight is 1790 g/mol. The lowest BCUT2D eigenvalue weighted by atomic mass is 9.91. The van der Waals surface area contributed by atoms with E-state index in [1.807, 2.05) is 70.1 Å². The molecule has 2 aromatic carbocycles. The topological polar surface area (TPSA) is 270 Å². The number of aromatic nitrogens is 12. The van der Waals surface area contributed by atoms with Crippen LogP contribution in [0.25, 0.3) is 78.3 Å². The van der Waals surface area contributed by atoms with Gasteiger partial charge in [-0.1, -0.05) is 129 Å². The van der Waals surface area contributed by atoms with Crippen LogP contribution in [0.4, 0.5) is 77.1 Å². The van der Waals surface area contributed by atoms with Gasteiger partial charge in [-0.2, -0.15) is 15.0 Å². The maximum atomic E-state index is 16.0. The van der Waals surface area contributed by atoms with E-state index < -0.39 is 153 Å². The summed E-state index contributed by atoms with van der Waals surface area (Å²) in [5, 5.41) is -2.29. The average Bonchev–Trinajstić information content (AvgIpc) is 0.738. The summed E-state index contributed by atoms with van der Waals surface area (Å²) in [6.07, 6.45) is 5.04. The molecule has 0 amide bonds. The lowest BCUT2D eigenvalue weighted by Crippen LogP contribution is -2.41. The largest absolute Gasteiger partial charge is 0.397 e. The Kier molecular flexibility index (Phi) is 25.9. The molecule has 12 heterocycles. The number of nitrogens with zero attached hydrogens (tertiary/aromatic N) is 15. The van der Waals surface area contributed by atoms with Crippen molar-refractivity contribution in [3.63, 3.8) is 0 Å². The maximum absolute atomic E-state index is 16.0. The fraction of sp³-hybridized carbons (Fsp3) is 0.402. The number of pyridine rings is 6. The minimum atomic E-state index is -2.77. The second-order valence-corrected chi connectivity index (χ2v) is 35.2. The predicted octanol–water partition coefficient (Wildman–Crippen LogP) is 19.9. The van der Waals surface area contributed by atoms with Crippen molar-refractivity contribution in [2.24, 2.45) is 41.2 Å². The number of piperidine rings is 3. The van der Waals surface area contributed by atoms with Crippen molar-refractivity contribution in [3.05, 3.63) is 204 Å². The molecule has 15 rings (SSSR count). The van der Waals surface area contributed by atoms with Crippen molar-refractivity contribution in [1.29, 1.82) is 0 Å². The number of hydrogen-bond acceptors (Lipinski definition) is 18. The molecule has 1 aliphatic carbocycles. The lowest BCUT2D eigenvalue weighted by Gasteiger charge is -2.36. The molecule has 0 saturated carbocycles. The summed E-state index contributed by atoms with van der Waals surface area (Å²) in [5.74, 6) is -12.0. The Morgan fingerprint density at radius 3 is 1.07 bits per heavy atom. The third-order valence-corrected chi connectivity index (χ3v) is 24.0. The molecular formula is C87H89Cl4F11N18O3. The normalized spacial score (nSPS) is 19.6. The van der Waals surface area contributed by atoms with Crippen LogP contribution in [0, 0.1) is 97.0 Å². The second kappa shape index (κ2) is 35.3. The first-order chi connectivity index (χ1) is 57.9. The van der Waals surface area contributed by atoms with E-state index in [9.17, 15) is 40.7 Å². The van der Waals surface area contributed by atoms with Crippen LogP contribution in [0.3, 0.4) is 0 Å². The number of halogens is 15. The highest BCUT2D eigenvalue weighted by Crippen LogP contribution is 2.48. The molecule has 123 heavy (non-hydrogen) atoms. The highest BCUT2D eigenvalue weighted by Gasteiger charge is 2.42. The number of anilines is 5. The highest BCUT2D eigenvalue weighted by atomic mass is 35.5. The molecule has 4 aliphatic rings. The summed E-state index contributed by atoms with van der Waals surface area (Å²) in [6.45, 7) is 32.9. The van der Waals surface area contributed by atoms with Gasteiger partial charge >= 0.3 is 17.1 Å². The number of allylic oxidation sites excluding steroid dienone is 2. The van der Waals surface area contributed by atoms with Crippen LogP contribution in [0.5, 0.6) is 0 Å². The Morgan fingerprint density at radius 1 is 0.407 bits per heavy atom. The van der Waals surface area contributed by atoms with Gasteiger partial charge in [-0.3, -0.25) is 15.0 Å². The molecule has 0 radical (unpaired) electrons. The zero-order valence-electron chi connectivity index (χ0n) is 69.7. The molecule has 3 aliphatic heterocycles. The summed E-state index contributed by atoms with van der Waals surface area (Å²) >= 11 is 24.2. The summed E-state index contributed by atoms with van der Waals surface area (Å²) < 4.78 is 169. The molecule has 3 saturated heterocycles. The predicted molar refractivity (Wildman–Crippen MR) is 460 cm³/mol. The molecule has 2 unspecified atom stereocenters. The zero-order chi connectivity index (χ0) is 89.7. The summed E-state index contributed by atoms with van der Waals surface area (Å²) in [6, 6.07) is 6.25. The van der Waals surface area contributed by atoms with E-state index in [0.717, 1.165) is 36.0 Å². The summed E-state index contributed by atoms with van der Waals surface area (Å²) in [5.41, 5.74) is 14.3. The van der Waals surface area contributed by atoms with Crippen molar-refractivity contribution in [2.75, 3.05) is 65.4 Å². The Morgan fingerprint density at radius 2 is 0.732 bits per heavy atom. The number of aryl methyl sites for hydroxylation is 3. The minimum absolute atomic E-state index is 0.00986. The van der Waals surface area contributed by atoms with Crippen LogP contribution in [0.15, 0.2) is 86.9 Å². The Hall–Kier alpha value is -10.4. The standard InChI is InChI=1S/2C29H29Cl2F3N6O.C29H31F5N6O/c1-12(2)24-26(15(5)6-7-36-24)40-28-16(27(38-29(40)41)39-10-13(3)8-14(4)11-39)9-17(32)25(37-28)18-21(33)19(30)22(34)20(31)23(18)35;1-12(2)24-26(15(5)6-7-36-24)40-28-16(27(38-29(40)41)39-10-13(3)8-14(4)11-39)9-17(32)25(37-28)18-19(30)21(33)22(34)23(35)20(18)31;1-12(2)24-26(15(5)6-7-36-24)40-28-16(27(38-29(40)41)39-10-13(3)8-14(4)11-39)9-17(30)25(37-28)18-19(31)21(33)22(34)23(35)20(18)32/h2*6-7,9,12-14H,8,10-11,35H2,1-5H3;6-7,9,12-14,22-23H,8,10-11,35H2,1-5H3/t2*13-,14+;13-,14+,22?,23?. The summed E-state index contributed by atoms with van der Waals surface area (Å²) in [4.78, 5) is 87.3. The van der Waals surface area contributed by atoms with Crippen molar-refractivity contribution in [3.8, 4) is 39.6 Å². The highest BCUT2D eigenvalue weighted by molar-refractivity contribution is 6.41. The first-order valence-electron chi connectivity index (χ1n) is 40.0. The van der Waals surface area contributed by atoms with E-state index in [-0.39, 0.29) is 80.1 Å². The third-order valence-electron chi connectivity index (χ3n) is 22.5. The molecule has 36 heteroatoms.